The second kappa shape index (κ2) is 8.68. The Morgan fingerprint density at radius 1 is 1.12 bits per heavy atom. The molecule has 1 saturated heterocycles. The van der Waals surface area contributed by atoms with Gasteiger partial charge in [-0.1, -0.05) is 50.6 Å². The Balaban J connectivity index is 0.00000144. The molecule has 134 valence electrons. The molecule has 2 aromatic rings. The number of hydrogen-bond acceptors (Lipinski definition) is 3. The van der Waals surface area contributed by atoms with E-state index in [-0.39, 0.29) is 36.3 Å². The third-order valence-corrected chi connectivity index (χ3v) is 4.64. The van der Waals surface area contributed by atoms with Crippen molar-refractivity contribution in [3.05, 3.63) is 41.0 Å². The molecule has 3 rings (SSSR count). The zero-order valence-corrected chi connectivity index (χ0v) is 16.8. The molecule has 2 heterocycles. The van der Waals surface area contributed by atoms with Crippen molar-refractivity contribution in [3.8, 4) is 0 Å². The molecule has 0 aliphatic carbocycles. The molecule has 0 radical (unpaired) electrons. The molecule has 1 atom stereocenters. The molecule has 1 aliphatic heterocycles. The third kappa shape index (κ3) is 4.53. The van der Waals surface area contributed by atoms with Crippen LogP contribution < -0.4 is 5.32 Å². The van der Waals surface area contributed by atoms with Crippen LogP contribution in [0.1, 0.15) is 32.4 Å². The summed E-state index contributed by atoms with van der Waals surface area (Å²) in [5.74, 6) is 0. The maximum atomic E-state index is 6.57. The number of aromatic nitrogens is 1. The first-order chi connectivity index (χ1) is 10.5. The van der Waals surface area contributed by atoms with Crippen LogP contribution in [-0.4, -0.2) is 36.1 Å². The van der Waals surface area contributed by atoms with Crippen LogP contribution in [0.4, 0.5) is 0 Å². The summed E-state index contributed by atoms with van der Waals surface area (Å²) in [6.45, 7) is 11.0. The fourth-order valence-corrected chi connectivity index (χ4v) is 3.70. The standard InChI is InChI=1S/C18H24ClN3.2ClH/c1-18(2,3)16(22-10-8-20-9-11-22)14-12-13-6-4-5-7-15(13)21-17(14)19;;/h4-7,12,16,20H,8-11H2,1-3H3;2*1H/t16-;;/m0../s1. The molecule has 6 heteroatoms. The molecule has 0 spiro atoms. The number of nitrogens with zero attached hydrogens (tertiary/aromatic N) is 2. The number of piperazine rings is 1. The van der Waals surface area contributed by atoms with E-state index in [9.17, 15) is 0 Å². The Bertz CT molecular complexity index is 664. The van der Waals surface area contributed by atoms with Gasteiger partial charge in [0.2, 0.25) is 0 Å². The van der Waals surface area contributed by atoms with E-state index in [1.807, 2.05) is 12.1 Å². The summed E-state index contributed by atoms with van der Waals surface area (Å²) < 4.78 is 0. The molecule has 0 amide bonds. The second-order valence-corrected chi connectivity index (χ2v) is 7.47. The van der Waals surface area contributed by atoms with Crippen molar-refractivity contribution in [2.75, 3.05) is 26.2 Å². The first kappa shape index (κ1) is 21.5. The van der Waals surface area contributed by atoms with Crippen LogP contribution in [0.5, 0.6) is 0 Å². The first-order valence-electron chi connectivity index (χ1n) is 7.97. The van der Waals surface area contributed by atoms with Gasteiger partial charge in [0, 0.05) is 43.2 Å². The molecular weight excluding hydrogens is 365 g/mol. The van der Waals surface area contributed by atoms with Gasteiger partial charge in [0.25, 0.3) is 0 Å². The fourth-order valence-electron chi connectivity index (χ4n) is 3.45. The summed E-state index contributed by atoms with van der Waals surface area (Å²) >= 11 is 6.57. The first-order valence-corrected chi connectivity index (χ1v) is 8.34. The number of para-hydroxylation sites is 1. The Labute approximate surface area is 162 Å². The van der Waals surface area contributed by atoms with Crippen molar-refractivity contribution < 1.29 is 0 Å². The normalized spacial score (nSPS) is 17.0. The zero-order valence-electron chi connectivity index (χ0n) is 14.4. The van der Waals surface area contributed by atoms with Crippen molar-refractivity contribution in [1.29, 1.82) is 0 Å². The number of pyridine rings is 1. The summed E-state index contributed by atoms with van der Waals surface area (Å²) in [5, 5.41) is 5.22. The summed E-state index contributed by atoms with van der Waals surface area (Å²) in [7, 11) is 0. The van der Waals surface area contributed by atoms with Gasteiger partial charge < -0.3 is 5.32 Å². The van der Waals surface area contributed by atoms with Crippen LogP contribution in [0.15, 0.2) is 30.3 Å². The Hall–Kier alpha value is -0.580. The average Bonchev–Trinajstić information content (AvgIpc) is 2.48. The molecule has 3 nitrogen and oxygen atoms in total. The molecule has 0 bridgehead atoms. The monoisotopic (exact) mass is 389 g/mol. The van der Waals surface area contributed by atoms with E-state index in [1.54, 1.807) is 0 Å². The predicted octanol–water partition coefficient (Wildman–Crippen LogP) is 4.72. The van der Waals surface area contributed by atoms with Gasteiger partial charge in [-0.15, -0.1) is 24.8 Å². The van der Waals surface area contributed by atoms with Crippen molar-refractivity contribution in [3.63, 3.8) is 0 Å². The summed E-state index contributed by atoms with van der Waals surface area (Å²) in [4.78, 5) is 7.16. The third-order valence-electron chi connectivity index (χ3n) is 4.34. The van der Waals surface area contributed by atoms with Gasteiger partial charge in [-0.05, 0) is 17.5 Å². The molecule has 1 aromatic carbocycles. The van der Waals surface area contributed by atoms with E-state index in [0.29, 0.717) is 5.15 Å². The summed E-state index contributed by atoms with van der Waals surface area (Å²) in [6, 6.07) is 10.7. The minimum atomic E-state index is 0. The van der Waals surface area contributed by atoms with E-state index in [4.69, 9.17) is 11.6 Å². The van der Waals surface area contributed by atoms with Gasteiger partial charge in [0.1, 0.15) is 5.15 Å². The highest BCUT2D eigenvalue weighted by Gasteiger charge is 2.34. The van der Waals surface area contributed by atoms with Crippen LogP contribution in [0.3, 0.4) is 0 Å². The molecule has 1 N–H and O–H groups in total. The SMILES string of the molecule is CC(C)(C)[C@H](c1cc2ccccc2nc1Cl)N1CCNCC1.Cl.Cl. The largest absolute Gasteiger partial charge is 0.314 e. The minimum absolute atomic E-state index is 0. The molecular formula is C18H26Cl3N3. The Morgan fingerprint density at radius 3 is 2.38 bits per heavy atom. The molecule has 24 heavy (non-hydrogen) atoms. The Morgan fingerprint density at radius 2 is 1.75 bits per heavy atom. The van der Waals surface area contributed by atoms with E-state index >= 15 is 0 Å². The zero-order chi connectivity index (χ0) is 15.7. The van der Waals surface area contributed by atoms with E-state index in [2.05, 4.69) is 54.2 Å². The van der Waals surface area contributed by atoms with Gasteiger partial charge in [-0.25, -0.2) is 4.98 Å². The maximum absolute atomic E-state index is 6.57. The lowest BCUT2D eigenvalue weighted by atomic mass is 9.81. The van der Waals surface area contributed by atoms with E-state index < -0.39 is 0 Å². The topological polar surface area (TPSA) is 28.2 Å². The quantitative estimate of drug-likeness (QED) is 0.752. The molecule has 0 unspecified atom stereocenters. The smallest absolute Gasteiger partial charge is 0.134 e. The molecule has 1 fully saturated rings. The Kier molecular flexibility index (Phi) is 7.76. The van der Waals surface area contributed by atoms with E-state index in [0.717, 1.165) is 42.6 Å². The lowest BCUT2D eigenvalue weighted by Gasteiger charge is -2.42. The average molecular weight is 391 g/mol. The fraction of sp³-hybridized carbons (Fsp3) is 0.500. The summed E-state index contributed by atoms with van der Waals surface area (Å²) in [5.41, 5.74) is 2.21. The number of hydrogen-bond donors (Lipinski definition) is 1. The van der Waals surface area contributed by atoms with Crippen LogP contribution in [0.25, 0.3) is 10.9 Å². The lowest BCUT2D eigenvalue weighted by molar-refractivity contribution is 0.0861. The van der Waals surface area contributed by atoms with Crippen LogP contribution >= 0.6 is 36.4 Å². The predicted molar refractivity (Wildman–Crippen MR) is 108 cm³/mol. The molecule has 1 aliphatic rings. The van der Waals surface area contributed by atoms with Crippen molar-refractivity contribution >= 4 is 47.3 Å². The van der Waals surface area contributed by atoms with Crippen molar-refractivity contribution in [2.24, 2.45) is 5.41 Å². The number of rotatable bonds is 2. The van der Waals surface area contributed by atoms with Gasteiger partial charge in [0.05, 0.1) is 5.52 Å². The van der Waals surface area contributed by atoms with Gasteiger partial charge in [0.15, 0.2) is 0 Å². The number of nitrogens with one attached hydrogen (secondary N) is 1. The highest BCUT2D eigenvalue weighted by molar-refractivity contribution is 6.30. The number of benzene rings is 1. The van der Waals surface area contributed by atoms with Crippen LogP contribution in [0.2, 0.25) is 5.15 Å². The highest BCUT2D eigenvalue weighted by Crippen LogP contribution is 2.41. The van der Waals surface area contributed by atoms with Gasteiger partial charge in [-0.2, -0.15) is 0 Å². The highest BCUT2D eigenvalue weighted by atomic mass is 35.5. The van der Waals surface area contributed by atoms with Crippen LogP contribution in [-0.2, 0) is 0 Å². The van der Waals surface area contributed by atoms with Crippen molar-refractivity contribution in [1.82, 2.24) is 15.2 Å². The van der Waals surface area contributed by atoms with E-state index in [1.165, 1.54) is 0 Å². The van der Waals surface area contributed by atoms with Gasteiger partial charge in [-0.3, -0.25) is 4.90 Å². The van der Waals surface area contributed by atoms with Crippen LogP contribution in [0, 0.1) is 5.41 Å². The van der Waals surface area contributed by atoms with Crippen molar-refractivity contribution in [2.45, 2.75) is 26.8 Å². The maximum Gasteiger partial charge on any atom is 0.134 e. The number of halogens is 3. The lowest BCUT2D eigenvalue weighted by Crippen LogP contribution is -2.48. The molecule has 0 saturated carbocycles. The number of fused-ring (bicyclic) bond motifs is 1. The minimum Gasteiger partial charge on any atom is -0.314 e. The molecule has 1 aromatic heterocycles. The van der Waals surface area contributed by atoms with Gasteiger partial charge >= 0.3 is 0 Å². The second-order valence-electron chi connectivity index (χ2n) is 7.12. The summed E-state index contributed by atoms with van der Waals surface area (Å²) in [6.07, 6.45) is 0.